The maximum absolute atomic E-state index is 12.6. The molecule has 1 aliphatic heterocycles. The molecule has 0 unspecified atom stereocenters. The number of H-pyrrole nitrogens is 1. The molecule has 0 radical (unpaired) electrons. The first-order valence-corrected chi connectivity index (χ1v) is 8.36. The molecule has 0 aliphatic carbocycles. The number of hydrogen-bond acceptors (Lipinski definition) is 6. The van der Waals surface area contributed by atoms with Gasteiger partial charge in [-0.2, -0.15) is 5.10 Å². The van der Waals surface area contributed by atoms with Crippen LogP contribution in [0.15, 0.2) is 11.7 Å². The van der Waals surface area contributed by atoms with E-state index in [0.29, 0.717) is 24.7 Å². The highest BCUT2D eigenvalue weighted by Gasteiger charge is 2.30. The van der Waals surface area contributed by atoms with E-state index >= 15 is 0 Å². The standard InChI is InChI=1S/C14H20N6OS/c1-9-3-2-4-20(11(9)6-15)12(21)5-10-7-22-14(18-10)13-16-8-17-19-13/h7-9,11H,2-6,15H2,1H3,(H,16,17,19)/t9-,11+/m1/s1. The van der Waals surface area contributed by atoms with E-state index in [4.69, 9.17) is 5.73 Å². The molecule has 0 aromatic carbocycles. The SMILES string of the molecule is C[C@@H]1CCCN(C(=O)Cc2csc(-c3ncn[nH]3)n2)[C@H]1CN. The van der Waals surface area contributed by atoms with Gasteiger partial charge in [-0.25, -0.2) is 9.97 Å². The first-order valence-electron chi connectivity index (χ1n) is 7.48. The monoisotopic (exact) mass is 320 g/mol. The van der Waals surface area contributed by atoms with Crippen molar-refractivity contribution in [2.24, 2.45) is 11.7 Å². The van der Waals surface area contributed by atoms with Crippen LogP contribution in [0.3, 0.4) is 0 Å². The molecule has 0 bridgehead atoms. The molecule has 2 aromatic heterocycles. The number of hydrogen-bond donors (Lipinski definition) is 2. The number of rotatable bonds is 4. The van der Waals surface area contributed by atoms with Gasteiger partial charge in [-0.3, -0.25) is 9.89 Å². The van der Waals surface area contributed by atoms with Crippen molar-refractivity contribution < 1.29 is 4.79 Å². The number of thiazole rings is 1. The zero-order valence-electron chi connectivity index (χ0n) is 12.5. The highest BCUT2D eigenvalue weighted by Crippen LogP contribution is 2.24. The molecule has 0 spiro atoms. The van der Waals surface area contributed by atoms with Crippen LogP contribution in [0.1, 0.15) is 25.5 Å². The van der Waals surface area contributed by atoms with Crippen molar-refractivity contribution in [3.05, 3.63) is 17.4 Å². The number of amides is 1. The molecule has 8 heteroatoms. The molecule has 118 valence electrons. The summed E-state index contributed by atoms with van der Waals surface area (Å²) in [6.07, 6.45) is 3.94. The van der Waals surface area contributed by atoms with Gasteiger partial charge >= 0.3 is 0 Å². The lowest BCUT2D eigenvalue weighted by Crippen LogP contribution is -2.51. The summed E-state index contributed by atoms with van der Waals surface area (Å²) >= 11 is 1.46. The quantitative estimate of drug-likeness (QED) is 0.877. The molecular weight excluding hydrogens is 300 g/mol. The molecule has 22 heavy (non-hydrogen) atoms. The van der Waals surface area contributed by atoms with Crippen molar-refractivity contribution in [2.45, 2.75) is 32.2 Å². The molecule has 1 fully saturated rings. The van der Waals surface area contributed by atoms with E-state index in [-0.39, 0.29) is 11.9 Å². The Labute approximate surface area is 133 Å². The van der Waals surface area contributed by atoms with E-state index in [1.165, 1.54) is 17.7 Å². The van der Waals surface area contributed by atoms with Crippen LogP contribution < -0.4 is 5.73 Å². The first kappa shape index (κ1) is 15.1. The highest BCUT2D eigenvalue weighted by molar-refractivity contribution is 7.13. The molecule has 2 atom stereocenters. The number of nitrogens with two attached hydrogens (primary N) is 1. The molecule has 7 nitrogen and oxygen atoms in total. The second-order valence-corrected chi connectivity index (χ2v) is 6.52. The summed E-state index contributed by atoms with van der Waals surface area (Å²) in [5.41, 5.74) is 6.63. The molecule has 1 amide bonds. The maximum Gasteiger partial charge on any atom is 0.228 e. The van der Waals surface area contributed by atoms with Crippen LogP contribution in [0.2, 0.25) is 0 Å². The van der Waals surface area contributed by atoms with Crippen LogP contribution in [0.25, 0.3) is 10.8 Å². The van der Waals surface area contributed by atoms with Gasteiger partial charge in [0.15, 0.2) is 10.8 Å². The third-order valence-electron chi connectivity index (χ3n) is 4.18. The number of carbonyl (C=O) groups is 1. The summed E-state index contributed by atoms with van der Waals surface area (Å²) in [6, 6.07) is 0.147. The van der Waals surface area contributed by atoms with Crippen molar-refractivity contribution in [1.29, 1.82) is 0 Å². The summed E-state index contributed by atoms with van der Waals surface area (Å²) in [7, 11) is 0. The first-order chi connectivity index (χ1) is 10.7. The normalized spacial score (nSPS) is 22.0. The molecule has 1 saturated heterocycles. The van der Waals surface area contributed by atoms with Gasteiger partial charge in [0.25, 0.3) is 0 Å². The van der Waals surface area contributed by atoms with E-state index in [0.717, 1.165) is 30.1 Å². The summed E-state index contributed by atoms with van der Waals surface area (Å²) in [5, 5.41) is 9.25. The number of likely N-dealkylation sites (tertiary alicyclic amines) is 1. The van der Waals surface area contributed by atoms with E-state index in [9.17, 15) is 4.79 Å². The van der Waals surface area contributed by atoms with Gasteiger partial charge in [-0.05, 0) is 18.8 Å². The van der Waals surface area contributed by atoms with Crippen molar-refractivity contribution >= 4 is 17.2 Å². The average molecular weight is 320 g/mol. The summed E-state index contributed by atoms with van der Waals surface area (Å²) in [5.74, 6) is 1.20. The van der Waals surface area contributed by atoms with Crippen molar-refractivity contribution in [3.63, 3.8) is 0 Å². The van der Waals surface area contributed by atoms with Gasteiger partial charge in [-0.15, -0.1) is 11.3 Å². The zero-order chi connectivity index (χ0) is 15.5. The lowest BCUT2D eigenvalue weighted by atomic mass is 9.90. The molecule has 3 N–H and O–H groups in total. The third-order valence-corrected chi connectivity index (χ3v) is 5.08. The van der Waals surface area contributed by atoms with Gasteiger partial charge in [0, 0.05) is 24.5 Å². The van der Waals surface area contributed by atoms with Crippen molar-refractivity contribution in [3.8, 4) is 10.8 Å². The van der Waals surface area contributed by atoms with Crippen LogP contribution in [0, 0.1) is 5.92 Å². The zero-order valence-corrected chi connectivity index (χ0v) is 13.3. The maximum atomic E-state index is 12.6. The molecule has 0 saturated carbocycles. The van der Waals surface area contributed by atoms with E-state index in [1.54, 1.807) is 0 Å². The van der Waals surface area contributed by atoms with Crippen LogP contribution in [-0.4, -0.2) is 50.1 Å². The number of aromatic nitrogens is 4. The number of nitrogens with zero attached hydrogens (tertiary/aromatic N) is 4. The molecule has 2 aromatic rings. The Morgan fingerprint density at radius 3 is 3.18 bits per heavy atom. The Morgan fingerprint density at radius 1 is 1.59 bits per heavy atom. The van der Waals surface area contributed by atoms with E-state index in [1.807, 2.05) is 10.3 Å². The Hall–Kier alpha value is -1.80. The fourth-order valence-electron chi connectivity index (χ4n) is 2.98. The van der Waals surface area contributed by atoms with Gasteiger partial charge < -0.3 is 10.6 Å². The highest BCUT2D eigenvalue weighted by atomic mass is 32.1. The van der Waals surface area contributed by atoms with Crippen LogP contribution in [0.5, 0.6) is 0 Å². The van der Waals surface area contributed by atoms with Crippen LogP contribution in [0.4, 0.5) is 0 Å². The minimum atomic E-state index is 0.108. The van der Waals surface area contributed by atoms with E-state index < -0.39 is 0 Å². The summed E-state index contributed by atoms with van der Waals surface area (Å²) in [6.45, 7) is 3.49. The Morgan fingerprint density at radius 2 is 2.45 bits per heavy atom. The molecule has 1 aliphatic rings. The van der Waals surface area contributed by atoms with Crippen LogP contribution >= 0.6 is 11.3 Å². The Bertz CT molecular complexity index is 625. The number of nitrogens with one attached hydrogen (secondary N) is 1. The molecule has 3 heterocycles. The smallest absolute Gasteiger partial charge is 0.228 e. The second kappa shape index (κ2) is 6.53. The minimum absolute atomic E-state index is 0.108. The lowest BCUT2D eigenvalue weighted by Gasteiger charge is -2.39. The van der Waals surface area contributed by atoms with Gasteiger partial charge in [-0.1, -0.05) is 6.92 Å². The summed E-state index contributed by atoms with van der Waals surface area (Å²) in [4.78, 5) is 23.0. The molecular formula is C14H20N6OS. The predicted octanol–water partition coefficient (Wildman–Crippen LogP) is 1.06. The Kier molecular flexibility index (Phi) is 4.49. The number of piperidine rings is 1. The van der Waals surface area contributed by atoms with Gasteiger partial charge in [0.1, 0.15) is 6.33 Å². The minimum Gasteiger partial charge on any atom is -0.338 e. The second-order valence-electron chi connectivity index (χ2n) is 5.66. The lowest BCUT2D eigenvalue weighted by molar-refractivity contribution is -0.135. The van der Waals surface area contributed by atoms with Gasteiger partial charge in [0.05, 0.1) is 12.1 Å². The predicted molar refractivity (Wildman–Crippen MR) is 84.1 cm³/mol. The topological polar surface area (TPSA) is 101 Å². The van der Waals surface area contributed by atoms with Crippen molar-refractivity contribution in [2.75, 3.05) is 13.1 Å². The van der Waals surface area contributed by atoms with Crippen LogP contribution in [-0.2, 0) is 11.2 Å². The number of aromatic amines is 1. The fourth-order valence-corrected chi connectivity index (χ4v) is 3.74. The fraction of sp³-hybridized carbons (Fsp3) is 0.571. The Balaban J connectivity index is 1.69. The van der Waals surface area contributed by atoms with E-state index in [2.05, 4.69) is 27.1 Å². The van der Waals surface area contributed by atoms with Crippen molar-refractivity contribution in [1.82, 2.24) is 25.1 Å². The molecule has 3 rings (SSSR count). The summed E-state index contributed by atoms with van der Waals surface area (Å²) < 4.78 is 0. The van der Waals surface area contributed by atoms with Gasteiger partial charge in [0.2, 0.25) is 5.91 Å². The largest absolute Gasteiger partial charge is 0.338 e. The third kappa shape index (κ3) is 3.02. The average Bonchev–Trinajstić information content (AvgIpc) is 3.17. The number of carbonyl (C=O) groups excluding carboxylic acids is 1.